The maximum atomic E-state index is 12.7. The first kappa shape index (κ1) is 32.1. The topological polar surface area (TPSA) is 108 Å². The number of carbonyl (C=O) groups excluding carboxylic acids is 4. The third kappa shape index (κ3) is 11.3. The molecule has 218 valence electrons. The van der Waals surface area contributed by atoms with Crippen molar-refractivity contribution in [2.45, 2.75) is 136 Å². The van der Waals surface area contributed by atoms with Crippen LogP contribution >= 0.6 is 0 Å². The second kappa shape index (κ2) is 17.4. The predicted octanol–water partition coefficient (Wildman–Crippen LogP) is 4.73. The number of hydrogen-bond acceptors (Lipinski definition) is 9. The summed E-state index contributed by atoms with van der Waals surface area (Å²) in [5, 5.41) is 0. The standard InChI is InChI=1S/C29H49NO8/c1-5-10-25(31)35-18-16-24(37-26(32)11-6-2)29(38-27(33)12-7-3)21(4)36-28(34)15-9-17-30-20-22-13-8-14-23(30)19-22/h21-24,29H,5-20H2,1-4H3/t21-,22?,23?,24+,29+/m0/s1. The van der Waals surface area contributed by atoms with Crippen LogP contribution in [0.5, 0.6) is 0 Å². The van der Waals surface area contributed by atoms with Gasteiger partial charge in [-0.1, -0.05) is 27.2 Å². The van der Waals surface area contributed by atoms with Gasteiger partial charge in [-0.2, -0.15) is 0 Å². The summed E-state index contributed by atoms with van der Waals surface area (Å²) < 4.78 is 22.3. The summed E-state index contributed by atoms with van der Waals surface area (Å²) in [6.07, 6.45) is 6.04. The molecule has 38 heavy (non-hydrogen) atoms. The molecule has 2 bridgehead atoms. The summed E-state index contributed by atoms with van der Waals surface area (Å²) in [6.45, 7) is 9.25. The van der Waals surface area contributed by atoms with Gasteiger partial charge < -0.3 is 23.8 Å². The second-order valence-corrected chi connectivity index (χ2v) is 10.7. The minimum atomic E-state index is -0.999. The molecule has 9 nitrogen and oxygen atoms in total. The lowest BCUT2D eigenvalue weighted by molar-refractivity contribution is -0.186. The van der Waals surface area contributed by atoms with Crippen molar-refractivity contribution in [3.63, 3.8) is 0 Å². The van der Waals surface area contributed by atoms with Crippen LogP contribution in [0.1, 0.15) is 111 Å². The van der Waals surface area contributed by atoms with Crippen LogP contribution < -0.4 is 0 Å². The molecule has 0 aromatic heterocycles. The van der Waals surface area contributed by atoms with Crippen LogP contribution in [0.15, 0.2) is 0 Å². The van der Waals surface area contributed by atoms with Gasteiger partial charge in [-0.15, -0.1) is 0 Å². The van der Waals surface area contributed by atoms with Crippen molar-refractivity contribution in [2.75, 3.05) is 19.7 Å². The van der Waals surface area contributed by atoms with Crippen LogP contribution in [-0.4, -0.2) is 72.8 Å². The van der Waals surface area contributed by atoms with Crippen molar-refractivity contribution >= 4 is 23.9 Å². The van der Waals surface area contributed by atoms with Gasteiger partial charge in [0.05, 0.1) is 6.61 Å². The highest BCUT2D eigenvalue weighted by atomic mass is 16.6. The van der Waals surface area contributed by atoms with E-state index in [1.165, 1.54) is 25.7 Å². The Bertz CT molecular complexity index is 757. The molecule has 2 unspecified atom stereocenters. The van der Waals surface area contributed by atoms with Crippen molar-refractivity contribution in [2.24, 2.45) is 5.92 Å². The third-order valence-electron chi connectivity index (χ3n) is 7.32. The van der Waals surface area contributed by atoms with Gasteiger partial charge in [0, 0.05) is 44.7 Å². The van der Waals surface area contributed by atoms with E-state index in [1.807, 2.05) is 20.8 Å². The van der Waals surface area contributed by atoms with E-state index in [0.717, 1.165) is 19.0 Å². The molecule has 0 spiro atoms. The first-order valence-electron chi connectivity index (χ1n) is 14.7. The molecular formula is C29H49NO8. The summed E-state index contributed by atoms with van der Waals surface area (Å²) in [4.78, 5) is 51.9. The zero-order valence-corrected chi connectivity index (χ0v) is 23.9. The monoisotopic (exact) mass is 539 g/mol. The molecule has 0 aromatic carbocycles. The van der Waals surface area contributed by atoms with Gasteiger partial charge in [-0.25, -0.2) is 0 Å². The van der Waals surface area contributed by atoms with Gasteiger partial charge in [-0.05, 0) is 64.3 Å². The molecule has 1 aliphatic carbocycles. The van der Waals surface area contributed by atoms with E-state index < -0.39 is 30.3 Å². The highest BCUT2D eigenvalue weighted by Crippen LogP contribution is 2.35. The summed E-state index contributed by atoms with van der Waals surface area (Å²) in [6, 6.07) is 0.649. The number of nitrogens with zero attached hydrogens (tertiary/aromatic N) is 1. The highest BCUT2D eigenvalue weighted by molar-refractivity contribution is 5.71. The molecule has 2 fully saturated rings. The number of esters is 4. The van der Waals surface area contributed by atoms with Crippen LogP contribution in [0.25, 0.3) is 0 Å². The summed E-state index contributed by atoms with van der Waals surface area (Å²) >= 11 is 0. The normalized spacial score (nSPS) is 21.3. The summed E-state index contributed by atoms with van der Waals surface area (Å²) in [5.74, 6) is -0.812. The van der Waals surface area contributed by atoms with Crippen molar-refractivity contribution in [3.05, 3.63) is 0 Å². The van der Waals surface area contributed by atoms with Gasteiger partial charge in [0.25, 0.3) is 0 Å². The predicted molar refractivity (Wildman–Crippen MR) is 142 cm³/mol. The molecule has 5 atom stereocenters. The molecule has 1 heterocycles. The van der Waals surface area contributed by atoms with Crippen molar-refractivity contribution in [3.8, 4) is 0 Å². The number of likely N-dealkylation sites (tertiary alicyclic amines) is 1. The van der Waals surface area contributed by atoms with Gasteiger partial charge in [0.2, 0.25) is 0 Å². The molecule has 0 aromatic rings. The molecule has 0 radical (unpaired) electrons. The van der Waals surface area contributed by atoms with E-state index >= 15 is 0 Å². The fraction of sp³-hybridized carbons (Fsp3) is 0.862. The van der Waals surface area contributed by atoms with Gasteiger partial charge in [0.15, 0.2) is 6.10 Å². The third-order valence-corrected chi connectivity index (χ3v) is 7.32. The van der Waals surface area contributed by atoms with Crippen LogP contribution in [0.3, 0.4) is 0 Å². The fourth-order valence-corrected chi connectivity index (χ4v) is 5.45. The smallest absolute Gasteiger partial charge is 0.306 e. The van der Waals surface area contributed by atoms with Gasteiger partial charge in [-0.3, -0.25) is 19.2 Å². The molecule has 9 heteroatoms. The van der Waals surface area contributed by atoms with E-state index in [-0.39, 0.29) is 44.2 Å². The Kier molecular flexibility index (Phi) is 14.7. The van der Waals surface area contributed by atoms with Crippen LogP contribution in [-0.2, 0) is 38.1 Å². The lowest BCUT2D eigenvalue weighted by Crippen LogP contribution is -2.45. The zero-order chi connectivity index (χ0) is 27.9. The molecule has 1 saturated carbocycles. The molecule has 0 N–H and O–H groups in total. The number of hydrogen-bond donors (Lipinski definition) is 0. The molecule has 2 rings (SSSR count). The van der Waals surface area contributed by atoms with E-state index in [0.29, 0.717) is 38.1 Å². The largest absolute Gasteiger partial charge is 0.466 e. The number of fused-ring (bicyclic) bond motifs is 2. The van der Waals surface area contributed by atoms with E-state index in [4.69, 9.17) is 18.9 Å². The average molecular weight is 540 g/mol. The van der Waals surface area contributed by atoms with Gasteiger partial charge >= 0.3 is 23.9 Å². The quantitative estimate of drug-likeness (QED) is 0.180. The lowest BCUT2D eigenvalue weighted by atomic mass is 9.90. The van der Waals surface area contributed by atoms with E-state index in [2.05, 4.69) is 4.90 Å². The maximum absolute atomic E-state index is 12.7. The van der Waals surface area contributed by atoms with Gasteiger partial charge in [0.1, 0.15) is 12.2 Å². The minimum Gasteiger partial charge on any atom is -0.466 e. The Morgan fingerprint density at radius 3 is 2.11 bits per heavy atom. The van der Waals surface area contributed by atoms with E-state index in [9.17, 15) is 19.2 Å². The van der Waals surface area contributed by atoms with Crippen LogP contribution in [0, 0.1) is 5.92 Å². The molecular weight excluding hydrogens is 490 g/mol. The molecule has 2 aliphatic rings. The average Bonchev–Trinajstić information content (AvgIpc) is 3.14. The number of carbonyl (C=O) groups is 4. The van der Waals surface area contributed by atoms with Crippen molar-refractivity contribution < 1.29 is 38.1 Å². The van der Waals surface area contributed by atoms with Crippen LogP contribution in [0.2, 0.25) is 0 Å². The highest BCUT2D eigenvalue weighted by Gasteiger charge is 2.37. The van der Waals surface area contributed by atoms with Crippen LogP contribution in [0.4, 0.5) is 0 Å². The lowest BCUT2D eigenvalue weighted by Gasteiger charge is -2.31. The Morgan fingerprint density at radius 2 is 1.45 bits per heavy atom. The first-order chi connectivity index (χ1) is 18.3. The Balaban J connectivity index is 1.99. The number of ether oxygens (including phenoxy) is 4. The van der Waals surface area contributed by atoms with Crippen molar-refractivity contribution in [1.29, 1.82) is 0 Å². The summed E-state index contributed by atoms with van der Waals surface area (Å²) in [5.41, 5.74) is 0. The molecule has 1 aliphatic heterocycles. The fourth-order valence-electron chi connectivity index (χ4n) is 5.45. The Morgan fingerprint density at radius 1 is 0.816 bits per heavy atom. The zero-order valence-electron chi connectivity index (χ0n) is 23.9. The molecule has 0 amide bonds. The number of rotatable bonds is 18. The van der Waals surface area contributed by atoms with E-state index in [1.54, 1.807) is 6.92 Å². The molecule has 1 saturated heterocycles. The first-order valence-corrected chi connectivity index (χ1v) is 14.7. The SMILES string of the molecule is CCCC(=O)OCC[C@@H](OC(=O)CCC)[C@H](OC(=O)CCC)[C@H](C)OC(=O)CCCN1CC2CCCC1C2. The maximum Gasteiger partial charge on any atom is 0.306 e. The Labute approximate surface area is 228 Å². The second-order valence-electron chi connectivity index (χ2n) is 10.7. The van der Waals surface area contributed by atoms with Crippen molar-refractivity contribution in [1.82, 2.24) is 4.90 Å². The minimum absolute atomic E-state index is 0.00337. The Hall–Kier alpha value is -2.16. The summed E-state index contributed by atoms with van der Waals surface area (Å²) in [7, 11) is 0.